The fourth-order valence-corrected chi connectivity index (χ4v) is 2.30. The number of amides is 1. The van der Waals surface area contributed by atoms with Gasteiger partial charge in [0.05, 0.1) is 6.26 Å². The van der Waals surface area contributed by atoms with Crippen molar-refractivity contribution in [2.24, 2.45) is 0 Å². The van der Waals surface area contributed by atoms with Crippen LogP contribution in [0.1, 0.15) is 10.6 Å². The molecule has 3 aromatic rings. The highest BCUT2D eigenvalue weighted by Crippen LogP contribution is 2.27. The van der Waals surface area contributed by atoms with Crippen molar-refractivity contribution in [2.45, 2.75) is 0 Å². The molecule has 0 atom stereocenters. The molecule has 0 unspecified atom stereocenters. The number of pyridine rings is 1. The van der Waals surface area contributed by atoms with Gasteiger partial charge < -0.3 is 14.5 Å². The Balaban J connectivity index is 1.64. The van der Waals surface area contributed by atoms with E-state index < -0.39 is 5.91 Å². The van der Waals surface area contributed by atoms with Gasteiger partial charge in [-0.1, -0.05) is 17.7 Å². The van der Waals surface area contributed by atoms with E-state index in [0.717, 1.165) is 0 Å². The van der Waals surface area contributed by atoms with Gasteiger partial charge in [0, 0.05) is 18.0 Å². The maximum absolute atomic E-state index is 11.9. The Kier molecular flexibility index (Phi) is 5.27. The van der Waals surface area contributed by atoms with Crippen molar-refractivity contribution in [2.75, 3.05) is 5.32 Å². The number of carbonyl (C=O) groups excluding carboxylic acids is 1. The van der Waals surface area contributed by atoms with E-state index in [0.29, 0.717) is 22.3 Å². The summed E-state index contributed by atoms with van der Waals surface area (Å²) in [6, 6.07) is 13.6. The van der Waals surface area contributed by atoms with Gasteiger partial charge in [0.25, 0.3) is 5.91 Å². The van der Waals surface area contributed by atoms with Crippen LogP contribution in [0.3, 0.4) is 0 Å². The molecule has 0 radical (unpaired) electrons. The van der Waals surface area contributed by atoms with Crippen LogP contribution in [-0.4, -0.2) is 16.0 Å². The van der Waals surface area contributed by atoms with Crippen LogP contribution in [0.25, 0.3) is 0 Å². The summed E-state index contributed by atoms with van der Waals surface area (Å²) in [5, 5.41) is 5.96. The Bertz CT molecular complexity index is 900. The van der Waals surface area contributed by atoms with Crippen LogP contribution < -0.4 is 15.4 Å². The van der Waals surface area contributed by atoms with Crippen LogP contribution in [0.15, 0.2) is 65.4 Å². The van der Waals surface area contributed by atoms with E-state index in [1.54, 1.807) is 54.7 Å². The molecule has 2 heterocycles. The van der Waals surface area contributed by atoms with Gasteiger partial charge in [0.1, 0.15) is 10.8 Å². The maximum Gasteiger partial charge on any atom is 0.293 e. The normalized spacial score (nSPS) is 10.1. The number of halogens is 1. The molecular weight excluding hydrogens is 362 g/mol. The number of anilines is 1. The predicted octanol–water partition coefficient (Wildman–Crippen LogP) is 4.25. The molecule has 0 spiro atoms. The number of rotatable bonds is 4. The van der Waals surface area contributed by atoms with Gasteiger partial charge in [0.15, 0.2) is 10.9 Å². The standard InChI is InChI=1S/C17H12ClN3O3S/c18-13-6-2-8-19-16(13)24-12-5-1-4-11(10-12)20-17(25)21-15(22)14-7-3-9-23-14/h1-10H,(H2,20,21,22,25). The quantitative estimate of drug-likeness (QED) is 0.666. The van der Waals surface area contributed by atoms with E-state index in [2.05, 4.69) is 15.6 Å². The molecule has 6 nitrogen and oxygen atoms in total. The first-order valence-electron chi connectivity index (χ1n) is 7.16. The third kappa shape index (κ3) is 4.56. The highest BCUT2D eigenvalue weighted by atomic mass is 35.5. The van der Waals surface area contributed by atoms with E-state index >= 15 is 0 Å². The lowest BCUT2D eigenvalue weighted by molar-refractivity contribution is 0.0950. The average molecular weight is 374 g/mol. The molecule has 0 saturated heterocycles. The van der Waals surface area contributed by atoms with Crippen LogP contribution >= 0.6 is 23.8 Å². The summed E-state index contributed by atoms with van der Waals surface area (Å²) in [7, 11) is 0. The van der Waals surface area contributed by atoms with Gasteiger partial charge in [-0.25, -0.2) is 4.98 Å². The summed E-state index contributed by atoms with van der Waals surface area (Å²) in [6.45, 7) is 0. The van der Waals surface area contributed by atoms with Crippen LogP contribution in [0, 0.1) is 0 Å². The van der Waals surface area contributed by atoms with Crippen molar-refractivity contribution in [3.63, 3.8) is 0 Å². The molecule has 2 N–H and O–H groups in total. The lowest BCUT2D eigenvalue weighted by Gasteiger charge is -2.11. The molecular formula is C17H12ClN3O3S. The van der Waals surface area contributed by atoms with Gasteiger partial charge in [-0.3, -0.25) is 10.1 Å². The molecule has 0 fully saturated rings. The number of benzene rings is 1. The second-order valence-corrected chi connectivity index (χ2v) is 5.62. The zero-order chi connectivity index (χ0) is 17.6. The molecule has 1 aromatic carbocycles. The van der Waals surface area contributed by atoms with E-state index in [-0.39, 0.29) is 10.9 Å². The second kappa shape index (κ2) is 7.78. The summed E-state index contributed by atoms with van der Waals surface area (Å²) in [5.74, 6) is 0.557. The summed E-state index contributed by atoms with van der Waals surface area (Å²) in [6.07, 6.45) is 3.00. The van der Waals surface area contributed by atoms with E-state index in [9.17, 15) is 4.79 Å². The van der Waals surface area contributed by atoms with Crippen molar-refractivity contribution in [3.05, 3.63) is 71.8 Å². The number of nitrogens with zero attached hydrogens (tertiary/aromatic N) is 1. The van der Waals surface area contributed by atoms with Crippen molar-refractivity contribution in [1.29, 1.82) is 0 Å². The molecule has 126 valence electrons. The first kappa shape index (κ1) is 16.9. The van der Waals surface area contributed by atoms with Crippen LogP contribution in [0.5, 0.6) is 11.6 Å². The smallest absolute Gasteiger partial charge is 0.293 e. The minimum absolute atomic E-state index is 0.134. The Hall–Kier alpha value is -2.90. The van der Waals surface area contributed by atoms with Crippen LogP contribution in [0.2, 0.25) is 5.02 Å². The lowest BCUT2D eigenvalue weighted by Crippen LogP contribution is -2.33. The minimum Gasteiger partial charge on any atom is -0.459 e. The SMILES string of the molecule is O=C(NC(=S)Nc1cccc(Oc2ncccc2Cl)c1)c1ccco1. The van der Waals surface area contributed by atoms with Crippen molar-refractivity contribution < 1.29 is 13.9 Å². The highest BCUT2D eigenvalue weighted by Gasteiger charge is 2.11. The summed E-state index contributed by atoms with van der Waals surface area (Å²) in [5.41, 5.74) is 0.634. The van der Waals surface area contributed by atoms with E-state index in [1.165, 1.54) is 6.26 Å². The monoisotopic (exact) mass is 373 g/mol. The summed E-state index contributed by atoms with van der Waals surface area (Å²) in [4.78, 5) is 15.9. The number of ether oxygens (including phenoxy) is 1. The number of nitrogens with one attached hydrogen (secondary N) is 2. The highest BCUT2D eigenvalue weighted by molar-refractivity contribution is 7.80. The molecule has 0 aliphatic carbocycles. The average Bonchev–Trinajstić information content (AvgIpc) is 3.12. The number of hydrogen-bond donors (Lipinski definition) is 2. The first-order valence-corrected chi connectivity index (χ1v) is 7.95. The second-order valence-electron chi connectivity index (χ2n) is 4.81. The van der Waals surface area contributed by atoms with Gasteiger partial charge in [-0.2, -0.15) is 0 Å². The third-order valence-corrected chi connectivity index (χ3v) is 3.49. The summed E-state index contributed by atoms with van der Waals surface area (Å²) >= 11 is 11.1. The number of thiocarbonyl (C=S) groups is 1. The molecule has 2 aromatic heterocycles. The molecule has 8 heteroatoms. The van der Waals surface area contributed by atoms with Crippen LogP contribution in [-0.2, 0) is 0 Å². The van der Waals surface area contributed by atoms with E-state index in [4.69, 9.17) is 33.0 Å². The molecule has 0 aliphatic heterocycles. The topological polar surface area (TPSA) is 76.4 Å². The van der Waals surface area contributed by atoms with Gasteiger partial charge in [-0.15, -0.1) is 0 Å². The van der Waals surface area contributed by atoms with Crippen molar-refractivity contribution in [1.82, 2.24) is 10.3 Å². The fourth-order valence-electron chi connectivity index (χ4n) is 1.93. The number of carbonyl (C=O) groups is 1. The Morgan fingerprint density at radius 3 is 2.84 bits per heavy atom. The van der Waals surface area contributed by atoms with Gasteiger partial charge in [0.2, 0.25) is 5.88 Å². The lowest BCUT2D eigenvalue weighted by atomic mass is 10.3. The zero-order valence-electron chi connectivity index (χ0n) is 12.7. The zero-order valence-corrected chi connectivity index (χ0v) is 14.3. The Morgan fingerprint density at radius 2 is 2.08 bits per heavy atom. The summed E-state index contributed by atoms with van der Waals surface area (Å²) < 4.78 is 10.6. The first-order chi connectivity index (χ1) is 12.1. The Labute approximate surface area is 153 Å². The number of furan rings is 1. The third-order valence-electron chi connectivity index (χ3n) is 3.00. The molecule has 0 saturated carbocycles. The Morgan fingerprint density at radius 1 is 1.20 bits per heavy atom. The number of hydrogen-bond acceptors (Lipinski definition) is 5. The van der Waals surface area contributed by atoms with Crippen molar-refractivity contribution >= 4 is 40.5 Å². The molecule has 3 rings (SSSR count). The molecule has 25 heavy (non-hydrogen) atoms. The van der Waals surface area contributed by atoms with Gasteiger partial charge in [-0.05, 0) is 48.6 Å². The largest absolute Gasteiger partial charge is 0.459 e. The molecule has 1 amide bonds. The van der Waals surface area contributed by atoms with Crippen molar-refractivity contribution in [3.8, 4) is 11.6 Å². The van der Waals surface area contributed by atoms with Gasteiger partial charge >= 0.3 is 0 Å². The van der Waals surface area contributed by atoms with Crippen LogP contribution in [0.4, 0.5) is 5.69 Å². The maximum atomic E-state index is 11.9. The molecule has 0 bridgehead atoms. The minimum atomic E-state index is -0.435. The predicted molar refractivity (Wildman–Crippen MR) is 98.2 cm³/mol. The number of aromatic nitrogens is 1. The van der Waals surface area contributed by atoms with E-state index in [1.807, 2.05) is 0 Å². The fraction of sp³-hybridized carbons (Fsp3) is 0. The molecule has 0 aliphatic rings.